The van der Waals surface area contributed by atoms with Gasteiger partial charge in [-0.3, -0.25) is 0 Å². The average molecular weight is 260 g/mol. The van der Waals surface area contributed by atoms with E-state index in [0.29, 0.717) is 0 Å². The Balaban J connectivity index is 0. The predicted molar refractivity (Wildman–Crippen MR) is 73.6 cm³/mol. The van der Waals surface area contributed by atoms with E-state index in [0.717, 1.165) is 0 Å². The number of hydrogen-bond donors (Lipinski definition) is 0. The molecule has 0 aliphatic carbocycles. The Morgan fingerprint density at radius 3 is 0.200 bits per heavy atom. The van der Waals surface area contributed by atoms with Crippen molar-refractivity contribution in [3.63, 3.8) is 0 Å². The molecule has 80 valence electrons. The highest BCUT2D eigenvalue weighted by Gasteiger charge is -0.149. The van der Waals surface area contributed by atoms with Crippen molar-refractivity contribution in [3.8, 4) is 0 Å². The van der Waals surface area contributed by atoms with Gasteiger partial charge >= 0.3 is 0 Å². The second-order valence-electron chi connectivity index (χ2n) is 0. The smallest absolute Gasteiger partial charge is 0.153 e. The molecule has 0 amide bonds. The summed E-state index contributed by atoms with van der Waals surface area (Å²) in [5.41, 5.74) is 0. The Morgan fingerprint density at radius 1 is 0.200 bits per heavy atom. The molecule has 0 spiro atoms. The van der Waals surface area contributed by atoms with E-state index in [2.05, 4.69) is 0 Å². The van der Waals surface area contributed by atoms with Gasteiger partial charge < -0.3 is 27.4 Å². The molecule has 10 N–H and O–H groups in total. The normalized spacial score (nSPS) is 0. The minimum atomic E-state index is 0. The lowest BCUT2D eigenvalue weighted by atomic mass is 16.0. The summed E-state index contributed by atoms with van der Waals surface area (Å²) in [6, 6.07) is 0. The molecule has 0 saturated carbocycles. The topological polar surface area (TPSA) is 158 Å². The van der Waals surface area contributed by atoms with Crippen molar-refractivity contribution in [1.82, 2.24) is 0 Å². The van der Waals surface area contributed by atoms with Crippen LogP contribution in [-0.2, 0) is 0 Å². The van der Waals surface area contributed by atoms with E-state index in [4.69, 9.17) is 0 Å². The maximum Gasteiger partial charge on any atom is -0.153 e. The predicted octanol–water partition coefficient (Wildman–Crippen LogP) is -3.83. The molecule has 10 heteroatoms. The zero-order valence-electron chi connectivity index (χ0n) is 6.04. The van der Waals surface area contributed by atoms with Gasteiger partial charge in [-0.25, -0.2) is 0 Å². The third-order valence-electron chi connectivity index (χ3n) is 0. The number of rotatable bonds is 0. The first-order valence-corrected chi connectivity index (χ1v) is 0. The van der Waals surface area contributed by atoms with E-state index in [9.17, 15) is 0 Å². The highest BCUT2D eigenvalue weighted by Crippen LogP contribution is 0.865. The van der Waals surface area contributed by atoms with Gasteiger partial charge in [0, 0.05) is 0 Å². The Morgan fingerprint density at radius 2 is 0.200 bits per heavy atom. The maximum atomic E-state index is 0. The molecule has 0 aliphatic rings. The fraction of sp³-hybridized carbons (Fsp3) is 0. The van der Waals surface area contributed by atoms with Crippen LogP contribution < -0.4 is 0 Å². The van der Waals surface area contributed by atoms with Gasteiger partial charge in [-0.05, 0) is 0 Å². The summed E-state index contributed by atoms with van der Waals surface area (Å²) in [4.78, 5) is 0. The molecule has 0 aromatic heterocycles. The summed E-state index contributed by atoms with van der Waals surface area (Å²) in [5, 5.41) is 0. The van der Waals surface area contributed by atoms with Crippen LogP contribution in [-0.4, -0.2) is 27.4 Å². The van der Waals surface area contributed by atoms with Crippen LogP contribution in [0.15, 0.2) is 0 Å². The monoisotopic (exact) mass is 260 g/mol. The summed E-state index contributed by atoms with van der Waals surface area (Å²) in [6.45, 7) is 0. The number of hydrogen-bond acceptors (Lipinski definition) is 0. The molecule has 5 unspecified atom stereocenters. The van der Waals surface area contributed by atoms with E-state index < -0.39 is 0 Å². The van der Waals surface area contributed by atoms with Crippen LogP contribution in [0.2, 0.25) is 0 Å². The Kier molecular flexibility index (Phi) is 10700. The van der Waals surface area contributed by atoms with Crippen LogP contribution in [0.25, 0.3) is 0 Å². The fourth-order valence-electron chi connectivity index (χ4n) is 0. The summed E-state index contributed by atoms with van der Waals surface area (Å²) in [6.07, 6.45) is 0. The Bertz CT molecular complexity index is 10.0. The third kappa shape index (κ3) is 210. The summed E-state index contributed by atoms with van der Waals surface area (Å²) >= 11 is 0. The van der Waals surface area contributed by atoms with Crippen molar-refractivity contribution >= 4 is 49.5 Å². The Hall–Kier alpha value is 1.95. The third-order valence-corrected chi connectivity index (χ3v) is 0. The molecule has 0 rings (SSSR count). The summed E-state index contributed by atoms with van der Waals surface area (Å²) < 4.78 is 0. The van der Waals surface area contributed by atoms with Crippen LogP contribution >= 0.6 is 49.5 Å². The minimum absolute atomic E-state index is 0. The molecule has 0 heterocycles. The van der Waals surface area contributed by atoms with Gasteiger partial charge in [0.25, 0.3) is 0 Å². The first kappa shape index (κ1) is 377. The second kappa shape index (κ2) is 285. The molecule has 0 radical (unpaired) electrons. The van der Waals surface area contributed by atoms with E-state index in [1.54, 1.807) is 0 Å². The highest BCUT2D eigenvalue weighted by atomic mass is 31.0. The van der Waals surface area contributed by atoms with Crippen LogP contribution in [0.4, 0.5) is 0 Å². The van der Waals surface area contributed by atoms with Crippen LogP contribution in [0, 0.1) is 0 Å². The molecule has 0 aliphatic heterocycles. The van der Waals surface area contributed by atoms with Gasteiger partial charge in [0.1, 0.15) is 0 Å². The molecule has 0 saturated heterocycles. The fourth-order valence-corrected chi connectivity index (χ4v) is 0. The van der Waals surface area contributed by atoms with Gasteiger partial charge in [0.15, 0.2) is 0 Å². The lowest BCUT2D eigenvalue weighted by Crippen LogP contribution is -0.290. The first-order valence-electron chi connectivity index (χ1n) is 0. The molecular formula is H25O5P5. The second-order valence-corrected chi connectivity index (χ2v) is 0. The van der Waals surface area contributed by atoms with Crippen molar-refractivity contribution in [3.05, 3.63) is 0 Å². The molecular weight excluding hydrogens is 235 g/mol. The minimum Gasteiger partial charge on any atom is -0.412 e. The molecule has 0 aromatic carbocycles. The van der Waals surface area contributed by atoms with Crippen molar-refractivity contribution < 1.29 is 27.4 Å². The van der Waals surface area contributed by atoms with E-state index in [1.807, 2.05) is 0 Å². The maximum absolute atomic E-state index is 0. The van der Waals surface area contributed by atoms with Crippen LogP contribution in [0.5, 0.6) is 0 Å². The lowest BCUT2D eigenvalue weighted by Gasteiger charge is -0.413. The van der Waals surface area contributed by atoms with Crippen molar-refractivity contribution in [2.75, 3.05) is 0 Å². The van der Waals surface area contributed by atoms with Crippen LogP contribution in [0.3, 0.4) is 0 Å². The van der Waals surface area contributed by atoms with E-state index in [-0.39, 0.29) is 76.9 Å². The summed E-state index contributed by atoms with van der Waals surface area (Å²) in [7, 11) is 0. The zero-order chi connectivity index (χ0) is 0. The Labute approximate surface area is 77.5 Å². The molecule has 0 aromatic rings. The molecule has 5 atom stereocenters. The molecule has 10 heavy (non-hydrogen) atoms. The first-order chi connectivity index (χ1) is 0. The average Bonchev–Trinajstić information content (AvgIpc) is 0. The summed E-state index contributed by atoms with van der Waals surface area (Å²) in [5.74, 6) is 0. The molecule has 5 nitrogen and oxygen atoms in total. The van der Waals surface area contributed by atoms with Crippen molar-refractivity contribution in [2.24, 2.45) is 0 Å². The van der Waals surface area contributed by atoms with Gasteiger partial charge in [0.05, 0.1) is 0 Å². The largest absolute Gasteiger partial charge is 0.412 e. The van der Waals surface area contributed by atoms with Gasteiger partial charge in [-0.2, -0.15) is 49.5 Å². The van der Waals surface area contributed by atoms with Gasteiger partial charge in [0.2, 0.25) is 0 Å². The lowest BCUT2D eigenvalue weighted by molar-refractivity contribution is 0.823. The molecule has 0 fully saturated rings. The van der Waals surface area contributed by atoms with E-state index in [1.165, 1.54) is 0 Å². The van der Waals surface area contributed by atoms with E-state index >= 15 is 0 Å². The zero-order valence-corrected chi connectivity index (χ0v) is 13.1. The standard InChI is InChI=1S/5H2O.5H3P/h5*1H2;5*1H3. The highest BCUT2D eigenvalue weighted by molar-refractivity contribution is 6.92. The van der Waals surface area contributed by atoms with Crippen molar-refractivity contribution in [1.29, 1.82) is 0 Å². The van der Waals surface area contributed by atoms with Crippen LogP contribution in [0.1, 0.15) is 0 Å². The molecule has 0 bridgehead atoms. The quantitative estimate of drug-likeness (QED) is 0.391. The van der Waals surface area contributed by atoms with Gasteiger partial charge in [-0.1, -0.05) is 0 Å². The van der Waals surface area contributed by atoms with Crippen molar-refractivity contribution in [2.45, 2.75) is 0 Å². The van der Waals surface area contributed by atoms with Gasteiger partial charge in [-0.15, -0.1) is 0 Å². The SMILES string of the molecule is O.O.O.O.O.P.P.P.P.P.